The van der Waals surface area contributed by atoms with E-state index in [0.717, 1.165) is 51.5 Å². The zero-order chi connectivity index (χ0) is 15.2. The smallest absolute Gasteiger partial charge is 0.133 e. The van der Waals surface area contributed by atoms with Crippen LogP contribution in [0.4, 0.5) is 5.82 Å². The molecular weight excluding hydrogens is 302 g/mol. The molecule has 0 aliphatic carbocycles. The van der Waals surface area contributed by atoms with Crippen LogP contribution in [-0.2, 0) is 6.42 Å². The molecule has 0 amide bonds. The standard InChI is InChI=1S/C16H20ClN3S/c1-4-10-18-15-11(3)16(20-14(5-2)19-15)21-13-9-7-6-8-12(13)17/h6-9H,4-5,10H2,1-3H3,(H,18,19,20). The fourth-order valence-corrected chi connectivity index (χ4v) is 3.02. The number of hydrogen-bond donors (Lipinski definition) is 1. The predicted octanol–water partition coefficient (Wildman–Crippen LogP) is 4.97. The first-order valence-corrected chi connectivity index (χ1v) is 8.38. The van der Waals surface area contributed by atoms with Gasteiger partial charge in [0.25, 0.3) is 0 Å². The van der Waals surface area contributed by atoms with Crippen molar-refractivity contribution in [3.63, 3.8) is 0 Å². The average Bonchev–Trinajstić information content (AvgIpc) is 2.50. The van der Waals surface area contributed by atoms with Crippen molar-refractivity contribution in [3.8, 4) is 0 Å². The van der Waals surface area contributed by atoms with Gasteiger partial charge in [-0.05, 0) is 25.5 Å². The Morgan fingerprint density at radius 2 is 1.95 bits per heavy atom. The van der Waals surface area contributed by atoms with Crippen molar-refractivity contribution in [2.45, 2.75) is 43.5 Å². The van der Waals surface area contributed by atoms with Gasteiger partial charge in [-0.2, -0.15) is 0 Å². The molecule has 0 atom stereocenters. The molecule has 1 aromatic heterocycles. The van der Waals surface area contributed by atoms with Gasteiger partial charge in [0.1, 0.15) is 16.7 Å². The molecule has 0 aliphatic rings. The van der Waals surface area contributed by atoms with Gasteiger partial charge in [0.2, 0.25) is 0 Å². The molecule has 0 fully saturated rings. The first-order valence-electron chi connectivity index (χ1n) is 7.19. The lowest BCUT2D eigenvalue weighted by Crippen LogP contribution is -2.08. The van der Waals surface area contributed by atoms with E-state index in [2.05, 4.69) is 36.1 Å². The van der Waals surface area contributed by atoms with E-state index in [9.17, 15) is 0 Å². The molecule has 0 saturated heterocycles. The molecule has 2 rings (SSSR count). The fourth-order valence-electron chi connectivity index (χ4n) is 1.84. The quantitative estimate of drug-likeness (QED) is 0.762. The van der Waals surface area contributed by atoms with Gasteiger partial charge in [0, 0.05) is 23.4 Å². The molecule has 1 heterocycles. The summed E-state index contributed by atoms with van der Waals surface area (Å²) in [5, 5.41) is 5.10. The molecular formula is C16H20ClN3S. The summed E-state index contributed by atoms with van der Waals surface area (Å²) in [5.74, 6) is 1.78. The normalized spacial score (nSPS) is 10.7. The number of hydrogen-bond acceptors (Lipinski definition) is 4. The number of benzene rings is 1. The van der Waals surface area contributed by atoms with Gasteiger partial charge in [-0.25, -0.2) is 9.97 Å². The molecule has 0 unspecified atom stereocenters. The van der Waals surface area contributed by atoms with E-state index in [4.69, 9.17) is 11.6 Å². The van der Waals surface area contributed by atoms with Crippen LogP contribution in [0.5, 0.6) is 0 Å². The SMILES string of the molecule is CCCNc1nc(CC)nc(Sc2ccccc2Cl)c1C. The highest BCUT2D eigenvalue weighted by Crippen LogP contribution is 2.35. The number of aromatic nitrogens is 2. The first kappa shape index (κ1) is 16.1. The largest absolute Gasteiger partial charge is 0.370 e. The second-order valence-electron chi connectivity index (χ2n) is 4.73. The lowest BCUT2D eigenvalue weighted by atomic mass is 10.3. The molecule has 5 heteroatoms. The van der Waals surface area contributed by atoms with E-state index in [1.807, 2.05) is 24.3 Å². The molecule has 0 saturated carbocycles. The van der Waals surface area contributed by atoms with Gasteiger partial charge in [-0.15, -0.1) is 0 Å². The Hall–Kier alpha value is -1.26. The van der Waals surface area contributed by atoms with Crippen molar-refractivity contribution >= 4 is 29.2 Å². The summed E-state index contributed by atoms with van der Waals surface area (Å²) in [6.45, 7) is 7.18. The second kappa shape index (κ2) is 7.66. The predicted molar refractivity (Wildman–Crippen MR) is 90.5 cm³/mol. The van der Waals surface area contributed by atoms with Crippen LogP contribution in [0.1, 0.15) is 31.7 Å². The van der Waals surface area contributed by atoms with Gasteiger partial charge in [-0.1, -0.05) is 49.3 Å². The van der Waals surface area contributed by atoms with Crippen molar-refractivity contribution in [2.75, 3.05) is 11.9 Å². The molecule has 0 aliphatic heterocycles. The zero-order valence-electron chi connectivity index (χ0n) is 12.6. The Kier molecular flexibility index (Phi) is 5.88. The fraction of sp³-hybridized carbons (Fsp3) is 0.375. The van der Waals surface area contributed by atoms with Crippen LogP contribution >= 0.6 is 23.4 Å². The molecule has 1 N–H and O–H groups in total. The molecule has 0 radical (unpaired) electrons. The van der Waals surface area contributed by atoms with Crippen LogP contribution in [0, 0.1) is 6.92 Å². The molecule has 21 heavy (non-hydrogen) atoms. The van der Waals surface area contributed by atoms with Gasteiger partial charge >= 0.3 is 0 Å². The van der Waals surface area contributed by atoms with Crippen molar-refractivity contribution in [2.24, 2.45) is 0 Å². The maximum atomic E-state index is 6.24. The molecule has 0 spiro atoms. The first-order chi connectivity index (χ1) is 10.2. The minimum atomic E-state index is 0.752. The topological polar surface area (TPSA) is 37.8 Å². The zero-order valence-corrected chi connectivity index (χ0v) is 14.2. The van der Waals surface area contributed by atoms with E-state index in [1.165, 1.54) is 0 Å². The Morgan fingerprint density at radius 1 is 1.19 bits per heavy atom. The molecule has 112 valence electrons. The number of anilines is 1. The van der Waals surface area contributed by atoms with Crippen molar-refractivity contribution in [3.05, 3.63) is 40.7 Å². The van der Waals surface area contributed by atoms with Gasteiger partial charge in [0.05, 0.1) is 5.02 Å². The summed E-state index contributed by atoms with van der Waals surface area (Å²) in [7, 11) is 0. The average molecular weight is 322 g/mol. The highest BCUT2D eigenvalue weighted by Gasteiger charge is 2.12. The summed E-state index contributed by atoms with van der Waals surface area (Å²) >= 11 is 7.84. The van der Waals surface area contributed by atoms with Gasteiger partial charge < -0.3 is 5.32 Å². The third-order valence-corrected chi connectivity index (χ3v) is 4.66. The van der Waals surface area contributed by atoms with E-state index >= 15 is 0 Å². The van der Waals surface area contributed by atoms with Crippen LogP contribution in [-0.4, -0.2) is 16.5 Å². The highest BCUT2D eigenvalue weighted by atomic mass is 35.5. The summed E-state index contributed by atoms with van der Waals surface area (Å²) in [6.07, 6.45) is 1.88. The molecule has 0 bridgehead atoms. The summed E-state index contributed by atoms with van der Waals surface area (Å²) < 4.78 is 0. The van der Waals surface area contributed by atoms with Crippen molar-refractivity contribution in [1.29, 1.82) is 0 Å². The Balaban J connectivity index is 2.35. The minimum Gasteiger partial charge on any atom is -0.370 e. The molecule has 1 aromatic carbocycles. The lowest BCUT2D eigenvalue weighted by molar-refractivity contribution is 0.861. The maximum Gasteiger partial charge on any atom is 0.133 e. The van der Waals surface area contributed by atoms with Crippen LogP contribution in [0.3, 0.4) is 0 Å². The van der Waals surface area contributed by atoms with Crippen molar-refractivity contribution < 1.29 is 0 Å². The van der Waals surface area contributed by atoms with E-state index in [0.29, 0.717) is 0 Å². The van der Waals surface area contributed by atoms with E-state index < -0.39 is 0 Å². The van der Waals surface area contributed by atoms with E-state index in [1.54, 1.807) is 11.8 Å². The third kappa shape index (κ3) is 4.11. The number of aryl methyl sites for hydroxylation is 1. The van der Waals surface area contributed by atoms with Gasteiger partial charge in [-0.3, -0.25) is 0 Å². The highest BCUT2D eigenvalue weighted by molar-refractivity contribution is 7.99. The second-order valence-corrected chi connectivity index (χ2v) is 6.17. The molecule has 3 nitrogen and oxygen atoms in total. The number of rotatable bonds is 6. The minimum absolute atomic E-state index is 0.752. The van der Waals surface area contributed by atoms with E-state index in [-0.39, 0.29) is 0 Å². The Bertz CT molecular complexity index is 616. The van der Waals surface area contributed by atoms with Gasteiger partial charge in [0.15, 0.2) is 0 Å². The van der Waals surface area contributed by atoms with Crippen LogP contribution in [0.2, 0.25) is 5.02 Å². The summed E-state index contributed by atoms with van der Waals surface area (Å²) in [5.41, 5.74) is 1.07. The van der Waals surface area contributed by atoms with Crippen LogP contribution in [0.15, 0.2) is 34.2 Å². The number of halogens is 1. The van der Waals surface area contributed by atoms with Crippen LogP contribution < -0.4 is 5.32 Å². The maximum absolute atomic E-state index is 6.24. The van der Waals surface area contributed by atoms with Crippen molar-refractivity contribution in [1.82, 2.24) is 9.97 Å². The van der Waals surface area contributed by atoms with Crippen LogP contribution in [0.25, 0.3) is 0 Å². The lowest BCUT2D eigenvalue weighted by Gasteiger charge is -2.13. The summed E-state index contributed by atoms with van der Waals surface area (Å²) in [4.78, 5) is 10.3. The summed E-state index contributed by atoms with van der Waals surface area (Å²) in [6, 6.07) is 7.84. The molecule has 2 aromatic rings. The Morgan fingerprint density at radius 3 is 2.62 bits per heavy atom. The Labute approximate surface area is 135 Å². The third-order valence-electron chi connectivity index (χ3n) is 3.05. The number of nitrogens with zero attached hydrogens (tertiary/aromatic N) is 2. The number of nitrogens with one attached hydrogen (secondary N) is 1. The monoisotopic (exact) mass is 321 g/mol.